The first kappa shape index (κ1) is 13.6. The first-order valence-corrected chi connectivity index (χ1v) is 7.53. The Balaban J connectivity index is 1.56. The number of rotatable bonds is 5. The predicted molar refractivity (Wildman–Crippen MR) is 85.6 cm³/mol. The van der Waals surface area contributed by atoms with Crippen molar-refractivity contribution in [2.24, 2.45) is 0 Å². The van der Waals surface area contributed by atoms with E-state index in [1.165, 1.54) is 5.56 Å². The summed E-state index contributed by atoms with van der Waals surface area (Å²) in [6.45, 7) is 0.881. The highest BCUT2D eigenvalue weighted by atomic mass is 16.6. The molecule has 0 atom stereocenters. The van der Waals surface area contributed by atoms with Gasteiger partial charge in [0.25, 0.3) is 0 Å². The van der Waals surface area contributed by atoms with Crippen molar-refractivity contribution in [3.8, 4) is 11.4 Å². The van der Waals surface area contributed by atoms with Crippen LogP contribution in [0.1, 0.15) is 12.0 Å². The molecule has 0 aliphatic carbocycles. The van der Waals surface area contributed by atoms with Crippen LogP contribution in [0.15, 0.2) is 59.7 Å². The molecule has 0 N–H and O–H groups in total. The number of aryl methyl sites for hydroxylation is 2. The molecule has 0 bridgehead atoms. The molecule has 4 rings (SSSR count). The van der Waals surface area contributed by atoms with Gasteiger partial charge in [0.15, 0.2) is 0 Å². The molecule has 6 heteroatoms. The summed E-state index contributed by atoms with van der Waals surface area (Å²) in [5.74, 6) is 0.887. The minimum atomic E-state index is 0.743. The quantitative estimate of drug-likeness (QED) is 0.566. The van der Waals surface area contributed by atoms with Crippen LogP contribution in [0.5, 0.6) is 0 Å². The fourth-order valence-corrected chi connectivity index (χ4v) is 2.72. The summed E-state index contributed by atoms with van der Waals surface area (Å²) in [6, 6.07) is 9.88. The third kappa shape index (κ3) is 2.70. The molecule has 0 fully saturated rings. The fraction of sp³-hybridized carbons (Fsp3) is 0.176. The van der Waals surface area contributed by atoms with E-state index in [4.69, 9.17) is 4.63 Å². The van der Waals surface area contributed by atoms with Gasteiger partial charge >= 0.3 is 0 Å². The maximum absolute atomic E-state index is 4.84. The summed E-state index contributed by atoms with van der Waals surface area (Å²) in [5.41, 5.74) is 3.67. The zero-order chi connectivity index (χ0) is 15.5. The van der Waals surface area contributed by atoms with Gasteiger partial charge in [0.05, 0.1) is 0 Å². The van der Waals surface area contributed by atoms with E-state index in [1.54, 1.807) is 6.20 Å². The zero-order valence-electron chi connectivity index (χ0n) is 12.5. The monoisotopic (exact) mass is 305 g/mol. The molecule has 0 unspecified atom stereocenters. The normalized spacial score (nSPS) is 11.1. The SMILES string of the molecule is c1cncc(CCCn2ccnc2-c2cccc3nonc23)c1. The first-order chi connectivity index (χ1) is 11.4. The van der Waals surface area contributed by atoms with Crippen molar-refractivity contribution in [3.05, 3.63) is 60.7 Å². The summed E-state index contributed by atoms with van der Waals surface area (Å²) in [4.78, 5) is 8.63. The molecule has 4 aromatic rings. The van der Waals surface area contributed by atoms with Crippen LogP contribution >= 0.6 is 0 Å². The largest absolute Gasteiger partial charge is 0.331 e. The van der Waals surface area contributed by atoms with Gasteiger partial charge in [-0.3, -0.25) is 4.98 Å². The number of benzene rings is 1. The lowest BCUT2D eigenvalue weighted by Crippen LogP contribution is -2.01. The van der Waals surface area contributed by atoms with Crippen LogP contribution < -0.4 is 0 Å². The Morgan fingerprint density at radius 3 is 2.96 bits per heavy atom. The number of fused-ring (bicyclic) bond motifs is 1. The highest BCUT2D eigenvalue weighted by Gasteiger charge is 2.13. The number of nitrogens with zero attached hydrogens (tertiary/aromatic N) is 5. The molecule has 1 aromatic carbocycles. The van der Waals surface area contributed by atoms with Gasteiger partial charge in [-0.1, -0.05) is 12.1 Å². The van der Waals surface area contributed by atoms with Crippen LogP contribution in [0.3, 0.4) is 0 Å². The van der Waals surface area contributed by atoms with E-state index in [2.05, 4.69) is 30.9 Å². The molecule has 3 heterocycles. The van der Waals surface area contributed by atoms with E-state index in [-0.39, 0.29) is 0 Å². The van der Waals surface area contributed by atoms with E-state index >= 15 is 0 Å². The number of hydrogen-bond acceptors (Lipinski definition) is 5. The molecule has 0 aliphatic rings. The minimum absolute atomic E-state index is 0.743. The lowest BCUT2D eigenvalue weighted by Gasteiger charge is -2.08. The molecule has 3 aromatic heterocycles. The number of pyridine rings is 1. The average molecular weight is 305 g/mol. The van der Waals surface area contributed by atoms with E-state index in [9.17, 15) is 0 Å². The second kappa shape index (κ2) is 6.00. The van der Waals surface area contributed by atoms with Crippen LogP contribution in [0.25, 0.3) is 22.4 Å². The Morgan fingerprint density at radius 1 is 1.04 bits per heavy atom. The summed E-state index contributed by atoms with van der Waals surface area (Å²) in [7, 11) is 0. The van der Waals surface area contributed by atoms with Gasteiger partial charge in [0.2, 0.25) is 0 Å². The van der Waals surface area contributed by atoms with Gasteiger partial charge in [-0.05, 0) is 46.9 Å². The van der Waals surface area contributed by atoms with Crippen molar-refractivity contribution in [1.82, 2.24) is 24.8 Å². The molecule has 0 aliphatic heterocycles. The van der Waals surface area contributed by atoms with Crippen LogP contribution in [-0.2, 0) is 13.0 Å². The van der Waals surface area contributed by atoms with Gasteiger partial charge in [-0.15, -0.1) is 0 Å². The van der Waals surface area contributed by atoms with Crippen LogP contribution in [0.4, 0.5) is 0 Å². The average Bonchev–Trinajstić information content (AvgIpc) is 3.24. The maximum atomic E-state index is 4.84. The molecule has 0 saturated heterocycles. The van der Waals surface area contributed by atoms with Crippen molar-refractivity contribution in [2.75, 3.05) is 0 Å². The molecule has 0 amide bonds. The number of aromatic nitrogens is 5. The van der Waals surface area contributed by atoms with Crippen LogP contribution in [-0.4, -0.2) is 24.8 Å². The maximum Gasteiger partial charge on any atom is 0.146 e. The molecule has 0 spiro atoms. The predicted octanol–water partition coefficient (Wildman–Crippen LogP) is 3.11. The van der Waals surface area contributed by atoms with Crippen molar-refractivity contribution in [3.63, 3.8) is 0 Å². The van der Waals surface area contributed by atoms with Crippen molar-refractivity contribution in [1.29, 1.82) is 0 Å². The topological polar surface area (TPSA) is 69.6 Å². The Labute approximate surface area is 132 Å². The summed E-state index contributed by atoms with van der Waals surface area (Å²) < 4.78 is 6.98. The molecule has 6 nitrogen and oxygen atoms in total. The van der Waals surface area contributed by atoms with Gasteiger partial charge in [-0.2, -0.15) is 0 Å². The molecular weight excluding hydrogens is 290 g/mol. The van der Waals surface area contributed by atoms with Gasteiger partial charge in [-0.25, -0.2) is 9.61 Å². The Morgan fingerprint density at radius 2 is 2.04 bits per heavy atom. The molecular formula is C17H15N5O. The Kier molecular flexibility index (Phi) is 3.56. The molecule has 0 radical (unpaired) electrons. The lowest BCUT2D eigenvalue weighted by atomic mass is 10.1. The molecule has 114 valence electrons. The van der Waals surface area contributed by atoms with E-state index in [0.29, 0.717) is 0 Å². The Bertz CT molecular complexity index is 913. The highest BCUT2D eigenvalue weighted by molar-refractivity contribution is 5.88. The Hall–Kier alpha value is -3.02. The summed E-state index contributed by atoms with van der Waals surface area (Å²) in [5, 5.41) is 7.89. The fourth-order valence-electron chi connectivity index (χ4n) is 2.72. The first-order valence-electron chi connectivity index (χ1n) is 7.53. The highest BCUT2D eigenvalue weighted by Crippen LogP contribution is 2.25. The minimum Gasteiger partial charge on any atom is -0.331 e. The lowest BCUT2D eigenvalue weighted by molar-refractivity contribution is 0.315. The van der Waals surface area contributed by atoms with E-state index in [1.807, 2.05) is 42.9 Å². The summed E-state index contributed by atoms with van der Waals surface area (Å²) in [6.07, 6.45) is 9.51. The zero-order valence-corrected chi connectivity index (χ0v) is 12.5. The third-order valence-electron chi connectivity index (χ3n) is 3.83. The van der Waals surface area contributed by atoms with Crippen molar-refractivity contribution >= 4 is 11.0 Å². The van der Waals surface area contributed by atoms with Gasteiger partial charge < -0.3 is 4.57 Å². The van der Waals surface area contributed by atoms with Crippen LogP contribution in [0, 0.1) is 0 Å². The van der Waals surface area contributed by atoms with Gasteiger partial charge in [0, 0.05) is 36.9 Å². The molecule has 0 saturated carbocycles. The second-order valence-corrected chi connectivity index (χ2v) is 5.35. The number of hydrogen-bond donors (Lipinski definition) is 0. The smallest absolute Gasteiger partial charge is 0.146 e. The second-order valence-electron chi connectivity index (χ2n) is 5.35. The number of imidazole rings is 1. The van der Waals surface area contributed by atoms with Gasteiger partial charge in [0.1, 0.15) is 16.9 Å². The summed E-state index contributed by atoms with van der Waals surface area (Å²) >= 11 is 0. The molecule has 23 heavy (non-hydrogen) atoms. The van der Waals surface area contributed by atoms with E-state index in [0.717, 1.165) is 41.8 Å². The van der Waals surface area contributed by atoms with Crippen molar-refractivity contribution in [2.45, 2.75) is 19.4 Å². The van der Waals surface area contributed by atoms with Crippen LogP contribution in [0.2, 0.25) is 0 Å². The standard InChI is InChI=1S/C17H15N5O/c1-6-14(16-15(7-1)20-23-21-16)17-19-9-11-22(17)10-3-5-13-4-2-8-18-12-13/h1-2,4,6-9,11-12H,3,5,10H2. The third-order valence-corrected chi connectivity index (χ3v) is 3.83. The van der Waals surface area contributed by atoms with E-state index < -0.39 is 0 Å². The van der Waals surface area contributed by atoms with Crippen molar-refractivity contribution < 1.29 is 4.63 Å².